The summed E-state index contributed by atoms with van der Waals surface area (Å²) in [4.78, 5) is 0. The van der Waals surface area contributed by atoms with E-state index >= 15 is 0 Å². The topological polar surface area (TPSA) is 17.8 Å². The summed E-state index contributed by atoms with van der Waals surface area (Å²) in [5.41, 5.74) is 1.14. The van der Waals surface area contributed by atoms with E-state index in [0.29, 0.717) is 6.04 Å². The van der Waals surface area contributed by atoms with Crippen molar-refractivity contribution in [1.82, 2.24) is 9.78 Å². The van der Waals surface area contributed by atoms with Gasteiger partial charge in [0.05, 0.1) is 5.69 Å². The van der Waals surface area contributed by atoms with Crippen LogP contribution in [0.25, 0.3) is 0 Å². The first-order valence-electron chi connectivity index (χ1n) is 3.89. The summed E-state index contributed by atoms with van der Waals surface area (Å²) in [6, 6.07) is 2.50. The summed E-state index contributed by atoms with van der Waals surface area (Å²) in [6.07, 6.45) is 0.998. The highest BCUT2D eigenvalue weighted by molar-refractivity contribution is 9.10. The van der Waals surface area contributed by atoms with Gasteiger partial charge in [0.15, 0.2) is 0 Å². The Labute approximate surface area is 75.7 Å². The number of rotatable bonds is 2. The van der Waals surface area contributed by atoms with Crippen LogP contribution in [0.5, 0.6) is 0 Å². The van der Waals surface area contributed by atoms with E-state index in [-0.39, 0.29) is 0 Å². The largest absolute Gasteiger partial charge is 0.256 e. The third kappa shape index (κ3) is 1.83. The smallest absolute Gasteiger partial charge is 0.104 e. The molecule has 0 N–H and O–H groups in total. The molecule has 11 heavy (non-hydrogen) atoms. The van der Waals surface area contributed by atoms with Gasteiger partial charge < -0.3 is 0 Å². The first-order chi connectivity index (χ1) is 5.15. The number of aryl methyl sites for hydroxylation is 1. The molecule has 0 spiro atoms. The fraction of sp³-hybridized carbons (Fsp3) is 0.625. The molecule has 0 unspecified atom stereocenters. The maximum Gasteiger partial charge on any atom is 0.104 e. The highest BCUT2D eigenvalue weighted by Gasteiger charge is 2.05. The number of halogens is 1. The lowest BCUT2D eigenvalue weighted by Gasteiger charge is -2.05. The molecule has 0 radical (unpaired) electrons. The fourth-order valence-corrected chi connectivity index (χ4v) is 1.71. The van der Waals surface area contributed by atoms with Crippen LogP contribution in [0, 0.1) is 0 Å². The van der Waals surface area contributed by atoms with Crippen LogP contribution in [0.2, 0.25) is 0 Å². The van der Waals surface area contributed by atoms with Crippen LogP contribution in [-0.4, -0.2) is 9.78 Å². The molecule has 0 saturated heterocycles. The van der Waals surface area contributed by atoms with Crippen LogP contribution in [0.1, 0.15) is 32.5 Å². The van der Waals surface area contributed by atoms with E-state index in [4.69, 9.17) is 0 Å². The summed E-state index contributed by atoms with van der Waals surface area (Å²) in [6.45, 7) is 6.36. The minimum atomic E-state index is 0.435. The molecule has 0 aliphatic rings. The molecule has 0 fully saturated rings. The Hall–Kier alpha value is -0.310. The first kappa shape index (κ1) is 8.78. The average molecular weight is 217 g/mol. The normalized spacial score (nSPS) is 11.0. The predicted octanol–water partition coefficient (Wildman–Crippen LogP) is 2.79. The van der Waals surface area contributed by atoms with Crippen molar-refractivity contribution in [2.75, 3.05) is 0 Å². The molecule has 0 bridgehead atoms. The van der Waals surface area contributed by atoms with Crippen molar-refractivity contribution in [2.24, 2.45) is 0 Å². The molecule has 1 aromatic heterocycles. The lowest BCUT2D eigenvalue weighted by atomic mass is 10.3. The average Bonchev–Trinajstić information content (AvgIpc) is 2.30. The van der Waals surface area contributed by atoms with Gasteiger partial charge in [-0.3, -0.25) is 4.68 Å². The summed E-state index contributed by atoms with van der Waals surface area (Å²) in [5, 5.41) is 4.40. The van der Waals surface area contributed by atoms with Crippen LogP contribution in [0.15, 0.2) is 10.7 Å². The Morgan fingerprint density at radius 3 is 2.55 bits per heavy atom. The Morgan fingerprint density at radius 1 is 1.64 bits per heavy atom. The first-order valence-corrected chi connectivity index (χ1v) is 4.68. The van der Waals surface area contributed by atoms with Gasteiger partial charge in [-0.05, 0) is 42.3 Å². The number of hydrogen-bond donors (Lipinski definition) is 0. The molecule has 3 heteroatoms. The summed E-state index contributed by atoms with van der Waals surface area (Å²) < 4.78 is 3.06. The lowest BCUT2D eigenvalue weighted by molar-refractivity contribution is 0.517. The summed E-state index contributed by atoms with van der Waals surface area (Å²) >= 11 is 3.46. The molecule has 1 rings (SSSR count). The third-order valence-electron chi connectivity index (χ3n) is 1.59. The van der Waals surface area contributed by atoms with E-state index in [9.17, 15) is 0 Å². The molecule has 1 heterocycles. The molecule has 62 valence electrons. The van der Waals surface area contributed by atoms with E-state index in [1.165, 1.54) is 0 Å². The zero-order valence-corrected chi connectivity index (χ0v) is 8.72. The molecule has 1 aromatic rings. The maximum atomic E-state index is 4.40. The van der Waals surface area contributed by atoms with Gasteiger partial charge >= 0.3 is 0 Å². The summed E-state index contributed by atoms with van der Waals surface area (Å²) in [7, 11) is 0. The molecule has 2 nitrogen and oxygen atoms in total. The molecule has 0 atom stereocenters. The second-order valence-electron chi connectivity index (χ2n) is 2.85. The summed E-state index contributed by atoms with van der Waals surface area (Å²) in [5.74, 6) is 0. The molecule has 0 aromatic carbocycles. The Balaban J connectivity index is 2.97. The van der Waals surface area contributed by atoms with Gasteiger partial charge in [-0.2, -0.15) is 5.10 Å². The molecule has 0 amide bonds. The molecular weight excluding hydrogens is 204 g/mol. The van der Waals surface area contributed by atoms with Crippen molar-refractivity contribution in [2.45, 2.75) is 33.2 Å². The minimum Gasteiger partial charge on any atom is -0.256 e. The third-order valence-corrected chi connectivity index (χ3v) is 2.18. The van der Waals surface area contributed by atoms with Crippen molar-refractivity contribution < 1.29 is 0 Å². The Kier molecular flexibility index (Phi) is 2.71. The van der Waals surface area contributed by atoms with Gasteiger partial charge in [0, 0.05) is 6.04 Å². The van der Waals surface area contributed by atoms with Gasteiger partial charge in [-0.25, -0.2) is 0 Å². The van der Waals surface area contributed by atoms with Gasteiger partial charge in [0.2, 0.25) is 0 Å². The number of aromatic nitrogens is 2. The number of hydrogen-bond acceptors (Lipinski definition) is 1. The predicted molar refractivity (Wildman–Crippen MR) is 49.7 cm³/mol. The van der Waals surface area contributed by atoms with Crippen LogP contribution in [-0.2, 0) is 6.42 Å². The van der Waals surface area contributed by atoms with Gasteiger partial charge in [-0.15, -0.1) is 0 Å². The zero-order valence-electron chi connectivity index (χ0n) is 7.13. The van der Waals surface area contributed by atoms with Crippen molar-refractivity contribution in [3.63, 3.8) is 0 Å². The Morgan fingerprint density at radius 2 is 2.27 bits per heavy atom. The van der Waals surface area contributed by atoms with E-state index in [1.54, 1.807) is 0 Å². The van der Waals surface area contributed by atoms with Crippen molar-refractivity contribution in [1.29, 1.82) is 0 Å². The van der Waals surface area contributed by atoms with Crippen molar-refractivity contribution in [3.05, 3.63) is 16.4 Å². The van der Waals surface area contributed by atoms with Crippen LogP contribution < -0.4 is 0 Å². The van der Waals surface area contributed by atoms with E-state index in [2.05, 4.69) is 47.9 Å². The molecule has 0 aliphatic carbocycles. The minimum absolute atomic E-state index is 0.435. The second kappa shape index (κ2) is 3.39. The van der Waals surface area contributed by atoms with Crippen LogP contribution >= 0.6 is 15.9 Å². The highest BCUT2D eigenvalue weighted by Crippen LogP contribution is 2.16. The Bertz CT molecular complexity index is 240. The van der Waals surface area contributed by atoms with Crippen LogP contribution in [0.4, 0.5) is 0 Å². The molecule has 0 saturated carbocycles. The SMILES string of the molecule is CCc1cc(Br)n(C(C)C)n1. The molecular formula is C8H13BrN2. The molecule has 0 aliphatic heterocycles. The van der Waals surface area contributed by atoms with Crippen molar-refractivity contribution >= 4 is 15.9 Å². The standard InChI is InChI=1S/C8H13BrN2/c1-4-7-5-8(9)11(10-7)6(2)3/h5-6H,4H2,1-3H3. The van der Waals surface area contributed by atoms with Crippen molar-refractivity contribution in [3.8, 4) is 0 Å². The van der Waals surface area contributed by atoms with E-state index in [0.717, 1.165) is 16.7 Å². The van der Waals surface area contributed by atoms with E-state index in [1.807, 2.05) is 4.68 Å². The second-order valence-corrected chi connectivity index (χ2v) is 3.66. The van der Waals surface area contributed by atoms with Gasteiger partial charge in [0.25, 0.3) is 0 Å². The quantitative estimate of drug-likeness (QED) is 0.744. The zero-order chi connectivity index (χ0) is 8.43. The van der Waals surface area contributed by atoms with Crippen LogP contribution in [0.3, 0.4) is 0 Å². The van der Waals surface area contributed by atoms with E-state index < -0.39 is 0 Å². The highest BCUT2D eigenvalue weighted by atomic mass is 79.9. The van der Waals surface area contributed by atoms with Gasteiger partial charge in [-0.1, -0.05) is 6.92 Å². The fourth-order valence-electron chi connectivity index (χ4n) is 0.954. The van der Waals surface area contributed by atoms with Gasteiger partial charge in [0.1, 0.15) is 4.60 Å². The lowest BCUT2D eigenvalue weighted by Crippen LogP contribution is -2.03. The monoisotopic (exact) mass is 216 g/mol. The maximum absolute atomic E-state index is 4.40. The number of nitrogens with zero attached hydrogens (tertiary/aromatic N) is 2.